The minimum atomic E-state index is -1.22. The van der Waals surface area contributed by atoms with Crippen LogP contribution in [-0.4, -0.2) is 28.6 Å². The van der Waals surface area contributed by atoms with Crippen LogP contribution in [0.15, 0.2) is 11.1 Å². The number of urea groups is 1. The molecule has 0 aliphatic rings. The third kappa shape index (κ3) is 4.70. The summed E-state index contributed by atoms with van der Waals surface area (Å²) in [6, 6.07) is -0.777. The Balaban J connectivity index is 4.71. The van der Waals surface area contributed by atoms with Gasteiger partial charge in [0.2, 0.25) is 0 Å². The molecule has 6 nitrogen and oxygen atoms in total. The second kappa shape index (κ2) is 5.87. The Morgan fingerprint density at radius 2 is 1.67 bits per heavy atom. The Morgan fingerprint density at radius 1 is 1.17 bits per heavy atom. The van der Waals surface area contributed by atoms with Gasteiger partial charge < -0.3 is 10.4 Å². The monoisotopic (exact) mass is 252 g/mol. The van der Waals surface area contributed by atoms with E-state index < -0.39 is 23.4 Å². The standard InChI is InChI=1S/C12H16N2O4/c1-6-12(4,5)14-11(18)13-9(15)7(2)8(3)10(16)17/h1H,2-5H3,(H,16,17)(H2,13,14,15,18). The van der Waals surface area contributed by atoms with Gasteiger partial charge >= 0.3 is 12.0 Å². The van der Waals surface area contributed by atoms with Gasteiger partial charge in [0.25, 0.3) is 5.91 Å². The van der Waals surface area contributed by atoms with E-state index in [-0.39, 0.29) is 11.1 Å². The van der Waals surface area contributed by atoms with Gasteiger partial charge in [0.15, 0.2) is 0 Å². The summed E-state index contributed by atoms with van der Waals surface area (Å²) in [6.45, 7) is 5.77. The number of carboxylic acid groups (broad SMARTS) is 1. The summed E-state index contributed by atoms with van der Waals surface area (Å²) < 4.78 is 0. The molecule has 0 saturated heterocycles. The molecule has 6 heteroatoms. The molecule has 0 heterocycles. The Kier molecular flexibility index (Phi) is 5.12. The summed E-state index contributed by atoms with van der Waals surface area (Å²) in [5.74, 6) is 0.333. The first-order valence-corrected chi connectivity index (χ1v) is 5.12. The quantitative estimate of drug-likeness (QED) is 0.507. The van der Waals surface area contributed by atoms with Crippen LogP contribution in [0.4, 0.5) is 4.79 Å². The number of hydrogen-bond donors (Lipinski definition) is 3. The first-order chi connectivity index (χ1) is 8.10. The molecule has 3 N–H and O–H groups in total. The van der Waals surface area contributed by atoms with Crippen LogP contribution in [0.2, 0.25) is 0 Å². The topological polar surface area (TPSA) is 95.5 Å². The highest BCUT2D eigenvalue weighted by molar-refractivity contribution is 6.07. The van der Waals surface area contributed by atoms with E-state index in [0.29, 0.717) is 0 Å². The van der Waals surface area contributed by atoms with Crippen molar-refractivity contribution in [1.29, 1.82) is 0 Å². The van der Waals surface area contributed by atoms with Crippen LogP contribution in [0.1, 0.15) is 27.7 Å². The van der Waals surface area contributed by atoms with Gasteiger partial charge in [-0.15, -0.1) is 6.42 Å². The van der Waals surface area contributed by atoms with Crippen LogP contribution in [0.5, 0.6) is 0 Å². The Labute approximate surface area is 105 Å². The maximum Gasteiger partial charge on any atom is 0.331 e. The molecule has 0 aromatic rings. The second-order valence-electron chi connectivity index (χ2n) is 4.23. The van der Waals surface area contributed by atoms with Crippen molar-refractivity contribution < 1.29 is 19.5 Å². The zero-order chi connectivity index (χ0) is 14.5. The molecule has 0 fully saturated rings. The second-order valence-corrected chi connectivity index (χ2v) is 4.23. The van der Waals surface area contributed by atoms with Crippen LogP contribution >= 0.6 is 0 Å². The molecule has 0 bridgehead atoms. The Hall–Kier alpha value is -2.29. The van der Waals surface area contributed by atoms with Crippen molar-refractivity contribution in [1.82, 2.24) is 10.6 Å². The van der Waals surface area contributed by atoms with Crippen LogP contribution in [0.25, 0.3) is 0 Å². The summed E-state index contributed by atoms with van der Waals surface area (Å²) >= 11 is 0. The predicted molar refractivity (Wildman–Crippen MR) is 65.6 cm³/mol. The fourth-order valence-corrected chi connectivity index (χ4v) is 0.879. The van der Waals surface area contributed by atoms with E-state index in [9.17, 15) is 14.4 Å². The van der Waals surface area contributed by atoms with E-state index in [0.717, 1.165) is 0 Å². The van der Waals surface area contributed by atoms with E-state index in [1.807, 2.05) is 5.32 Å². The minimum Gasteiger partial charge on any atom is -0.478 e. The molecule has 0 unspecified atom stereocenters. The van der Waals surface area contributed by atoms with Crippen molar-refractivity contribution in [2.45, 2.75) is 33.2 Å². The molecule has 0 atom stereocenters. The van der Waals surface area contributed by atoms with Gasteiger partial charge in [-0.25, -0.2) is 9.59 Å². The highest BCUT2D eigenvalue weighted by Gasteiger charge is 2.20. The molecular weight excluding hydrogens is 236 g/mol. The minimum absolute atomic E-state index is 0.0452. The lowest BCUT2D eigenvalue weighted by Crippen LogP contribution is -2.49. The number of amides is 3. The molecular formula is C12H16N2O4. The summed E-state index contributed by atoms with van der Waals surface area (Å²) in [5, 5.41) is 13.1. The number of carboxylic acids is 1. The van der Waals surface area contributed by atoms with Gasteiger partial charge in [-0.3, -0.25) is 10.1 Å². The smallest absolute Gasteiger partial charge is 0.331 e. The Bertz CT molecular complexity index is 455. The van der Waals surface area contributed by atoms with Gasteiger partial charge in [0, 0.05) is 11.1 Å². The molecule has 0 spiro atoms. The lowest BCUT2D eigenvalue weighted by atomic mass is 10.1. The number of rotatable bonds is 3. The average molecular weight is 252 g/mol. The van der Waals surface area contributed by atoms with Gasteiger partial charge in [-0.2, -0.15) is 0 Å². The van der Waals surface area contributed by atoms with Crippen LogP contribution in [-0.2, 0) is 9.59 Å². The number of carbonyl (C=O) groups is 3. The number of nitrogens with one attached hydrogen (secondary N) is 2. The zero-order valence-corrected chi connectivity index (χ0v) is 10.7. The summed E-state index contributed by atoms with van der Waals surface area (Å²) in [7, 11) is 0. The third-order valence-electron chi connectivity index (χ3n) is 2.24. The predicted octanol–water partition coefficient (Wildman–Crippen LogP) is 0.645. The summed E-state index contributed by atoms with van der Waals surface area (Å²) in [4.78, 5) is 33.6. The normalized spacial score (nSPS) is 11.9. The fourth-order valence-electron chi connectivity index (χ4n) is 0.879. The van der Waals surface area contributed by atoms with Crippen LogP contribution in [0.3, 0.4) is 0 Å². The zero-order valence-electron chi connectivity index (χ0n) is 10.7. The largest absolute Gasteiger partial charge is 0.478 e. The van der Waals surface area contributed by atoms with E-state index >= 15 is 0 Å². The average Bonchev–Trinajstić information content (AvgIpc) is 2.25. The molecule has 0 aromatic heterocycles. The lowest BCUT2D eigenvalue weighted by Gasteiger charge is -2.19. The van der Waals surface area contributed by atoms with Gasteiger partial charge in [-0.05, 0) is 27.7 Å². The van der Waals surface area contributed by atoms with Crippen molar-refractivity contribution in [2.75, 3.05) is 0 Å². The molecule has 18 heavy (non-hydrogen) atoms. The first kappa shape index (κ1) is 15.7. The number of terminal acetylenes is 1. The maximum atomic E-state index is 11.5. The van der Waals surface area contributed by atoms with E-state index in [4.69, 9.17) is 11.5 Å². The maximum absolute atomic E-state index is 11.5. The highest BCUT2D eigenvalue weighted by atomic mass is 16.4. The van der Waals surface area contributed by atoms with Crippen LogP contribution in [0, 0.1) is 12.3 Å². The third-order valence-corrected chi connectivity index (χ3v) is 2.24. The van der Waals surface area contributed by atoms with E-state index in [1.165, 1.54) is 13.8 Å². The van der Waals surface area contributed by atoms with Crippen molar-refractivity contribution in [3.05, 3.63) is 11.1 Å². The molecule has 0 aliphatic heterocycles. The number of imide groups is 1. The molecule has 0 saturated carbocycles. The van der Waals surface area contributed by atoms with Gasteiger partial charge in [-0.1, -0.05) is 5.92 Å². The van der Waals surface area contributed by atoms with Crippen molar-refractivity contribution in [3.8, 4) is 12.3 Å². The van der Waals surface area contributed by atoms with Crippen molar-refractivity contribution >= 4 is 17.9 Å². The first-order valence-electron chi connectivity index (χ1n) is 5.12. The molecule has 0 aliphatic carbocycles. The SMILES string of the molecule is C#CC(C)(C)NC(=O)NC(=O)C(C)=C(C)C(=O)O. The fraction of sp³-hybridized carbons (Fsp3) is 0.417. The lowest BCUT2D eigenvalue weighted by molar-refractivity contribution is -0.133. The van der Waals surface area contributed by atoms with E-state index in [2.05, 4.69) is 11.2 Å². The van der Waals surface area contributed by atoms with E-state index in [1.54, 1.807) is 13.8 Å². The summed E-state index contributed by atoms with van der Waals surface area (Å²) in [5.41, 5.74) is -1.07. The number of carbonyl (C=O) groups excluding carboxylic acids is 2. The highest BCUT2D eigenvalue weighted by Crippen LogP contribution is 2.04. The molecule has 0 radical (unpaired) electrons. The van der Waals surface area contributed by atoms with Gasteiger partial charge in [0.1, 0.15) is 0 Å². The van der Waals surface area contributed by atoms with Crippen molar-refractivity contribution in [2.24, 2.45) is 0 Å². The Morgan fingerprint density at radius 3 is 2.06 bits per heavy atom. The molecule has 0 aromatic carbocycles. The number of aliphatic carboxylic acids is 1. The number of hydrogen-bond acceptors (Lipinski definition) is 3. The summed E-state index contributed by atoms with van der Waals surface area (Å²) in [6.07, 6.45) is 5.17. The molecule has 3 amide bonds. The molecule has 98 valence electrons. The molecule has 0 rings (SSSR count). The van der Waals surface area contributed by atoms with Crippen LogP contribution < -0.4 is 10.6 Å². The van der Waals surface area contributed by atoms with Gasteiger partial charge in [0.05, 0.1) is 5.54 Å². The van der Waals surface area contributed by atoms with Crippen molar-refractivity contribution in [3.63, 3.8) is 0 Å².